The fourth-order valence-electron chi connectivity index (χ4n) is 2.68. The van der Waals surface area contributed by atoms with E-state index >= 15 is 0 Å². The Morgan fingerprint density at radius 1 is 1.30 bits per heavy atom. The number of hydrogen-bond donors (Lipinski definition) is 1. The Hall–Kier alpha value is -2.05. The molecule has 10 heteroatoms. The second kappa shape index (κ2) is 9.84. The summed E-state index contributed by atoms with van der Waals surface area (Å²) in [5, 5.41) is 8.48. The number of methoxy groups -OCH3 is 1. The molecule has 156 valence electrons. The van der Waals surface area contributed by atoms with E-state index < -0.39 is 12.6 Å². The molecule has 1 N–H and O–H groups in total. The number of carboxylic acids is 1. The maximum Gasteiger partial charge on any atom is 0.341 e. The zero-order valence-corrected chi connectivity index (χ0v) is 20.1. The van der Waals surface area contributed by atoms with E-state index in [4.69, 9.17) is 14.6 Å². The molecule has 1 aliphatic rings. The molecular formula is C20H15BrINO6S. The Labute approximate surface area is 198 Å². The Bertz CT molecular complexity index is 1060. The SMILES string of the molecule is COc1cc(/C=C2\SC(=O)N(Cc3ccccc3Br)C2=O)cc(I)c1OCC(=O)O. The topological polar surface area (TPSA) is 93.1 Å². The molecule has 3 rings (SSSR count). The molecule has 0 atom stereocenters. The number of rotatable bonds is 7. The van der Waals surface area contributed by atoms with Crippen LogP contribution in [0.3, 0.4) is 0 Å². The monoisotopic (exact) mass is 603 g/mol. The van der Waals surface area contributed by atoms with Crippen LogP contribution in [0.25, 0.3) is 6.08 Å². The summed E-state index contributed by atoms with van der Waals surface area (Å²) in [7, 11) is 1.44. The van der Waals surface area contributed by atoms with E-state index in [0.29, 0.717) is 25.5 Å². The van der Waals surface area contributed by atoms with Gasteiger partial charge in [-0.1, -0.05) is 34.1 Å². The first-order chi connectivity index (χ1) is 14.3. The van der Waals surface area contributed by atoms with E-state index in [1.54, 1.807) is 18.2 Å². The molecular weight excluding hydrogens is 589 g/mol. The maximum absolute atomic E-state index is 12.8. The van der Waals surface area contributed by atoms with Gasteiger partial charge in [0.15, 0.2) is 18.1 Å². The quantitative estimate of drug-likeness (QED) is 0.360. The summed E-state index contributed by atoms with van der Waals surface area (Å²) in [6.45, 7) is -0.327. The Balaban J connectivity index is 1.85. The second-order valence-corrected chi connectivity index (χ2v) is 9.09. The number of halogens is 2. The first kappa shape index (κ1) is 22.6. The number of benzene rings is 2. The van der Waals surface area contributed by atoms with E-state index in [1.165, 1.54) is 12.0 Å². The summed E-state index contributed by atoms with van der Waals surface area (Å²) in [4.78, 5) is 37.5. The van der Waals surface area contributed by atoms with Crippen LogP contribution >= 0.6 is 50.3 Å². The van der Waals surface area contributed by atoms with Crippen LogP contribution in [0.1, 0.15) is 11.1 Å². The first-order valence-corrected chi connectivity index (χ1v) is 11.2. The molecule has 7 nitrogen and oxygen atoms in total. The fraction of sp³-hybridized carbons (Fsp3) is 0.150. The van der Waals surface area contributed by atoms with Crippen LogP contribution < -0.4 is 9.47 Å². The molecule has 0 bridgehead atoms. The van der Waals surface area contributed by atoms with Crippen LogP contribution in [0.5, 0.6) is 11.5 Å². The van der Waals surface area contributed by atoms with Gasteiger partial charge in [-0.15, -0.1) is 0 Å². The summed E-state index contributed by atoms with van der Waals surface area (Å²) in [6.07, 6.45) is 1.61. The molecule has 1 fully saturated rings. The smallest absolute Gasteiger partial charge is 0.341 e. The normalized spacial score (nSPS) is 15.0. The van der Waals surface area contributed by atoms with E-state index in [2.05, 4.69) is 15.9 Å². The van der Waals surface area contributed by atoms with Crippen molar-refractivity contribution in [3.05, 3.63) is 60.5 Å². The highest BCUT2D eigenvalue weighted by atomic mass is 127. The lowest BCUT2D eigenvalue weighted by Crippen LogP contribution is -2.27. The average molecular weight is 604 g/mol. The van der Waals surface area contributed by atoms with Gasteiger partial charge in [-0.25, -0.2) is 4.79 Å². The van der Waals surface area contributed by atoms with Gasteiger partial charge in [-0.3, -0.25) is 14.5 Å². The molecule has 1 heterocycles. The number of carbonyl (C=O) groups excluding carboxylic acids is 2. The minimum Gasteiger partial charge on any atom is -0.493 e. The highest BCUT2D eigenvalue weighted by molar-refractivity contribution is 14.1. The van der Waals surface area contributed by atoms with Gasteiger partial charge in [0.2, 0.25) is 0 Å². The van der Waals surface area contributed by atoms with E-state index in [1.807, 2.05) is 46.9 Å². The second-order valence-electron chi connectivity index (χ2n) is 6.08. The third kappa shape index (κ3) is 5.16. The first-order valence-electron chi connectivity index (χ1n) is 8.51. The highest BCUT2D eigenvalue weighted by Gasteiger charge is 2.35. The summed E-state index contributed by atoms with van der Waals surface area (Å²) < 4.78 is 12.0. The molecule has 2 aromatic rings. The number of nitrogens with zero attached hydrogens (tertiary/aromatic N) is 1. The van der Waals surface area contributed by atoms with Crippen molar-refractivity contribution in [2.75, 3.05) is 13.7 Å². The summed E-state index contributed by atoms with van der Waals surface area (Å²) in [6, 6.07) is 10.8. The predicted octanol–water partition coefficient (Wildman–Crippen LogP) is 4.76. The van der Waals surface area contributed by atoms with Gasteiger partial charge in [0.1, 0.15) is 0 Å². The van der Waals surface area contributed by atoms with Gasteiger partial charge >= 0.3 is 5.97 Å². The van der Waals surface area contributed by atoms with E-state index in [9.17, 15) is 14.4 Å². The standard InChI is InChI=1S/C20H15BrINO6S/c1-28-15-7-11(6-14(22)18(15)29-10-17(24)25)8-16-19(26)23(20(27)30-16)9-12-4-2-3-5-13(12)21/h2-8H,9-10H2,1H3,(H,24,25)/b16-8-. The van der Waals surface area contributed by atoms with Crippen LogP contribution in [0.15, 0.2) is 45.8 Å². The molecule has 2 aromatic carbocycles. The molecule has 0 radical (unpaired) electrons. The van der Waals surface area contributed by atoms with Crippen molar-refractivity contribution in [3.63, 3.8) is 0 Å². The molecule has 1 aliphatic heterocycles. The average Bonchev–Trinajstić information content (AvgIpc) is 2.95. The van der Waals surface area contributed by atoms with Crippen LogP contribution in [0, 0.1) is 3.57 Å². The number of carboxylic acid groups (broad SMARTS) is 1. The minimum absolute atomic E-state index is 0.173. The molecule has 0 spiro atoms. The maximum atomic E-state index is 12.8. The third-order valence-electron chi connectivity index (χ3n) is 4.05. The fourth-order valence-corrected chi connectivity index (χ4v) is 4.71. The number of thioether (sulfide) groups is 1. The zero-order chi connectivity index (χ0) is 21.8. The Morgan fingerprint density at radius 3 is 2.70 bits per heavy atom. The lowest BCUT2D eigenvalue weighted by molar-refractivity contribution is -0.139. The van der Waals surface area contributed by atoms with Gasteiger partial charge < -0.3 is 14.6 Å². The number of imide groups is 1. The predicted molar refractivity (Wildman–Crippen MR) is 124 cm³/mol. The van der Waals surface area contributed by atoms with Gasteiger partial charge in [0, 0.05) is 4.47 Å². The molecule has 30 heavy (non-hydrogen) atoms. The molecule has 0 unspecified atom stereocenters. The van der Waals surface area contributed by atoms with Crippen molar-refractivity contribution in [3.8, 4) is 11.5 Å². The lowest BCUT2D eigenvalue weighted by atomic mass is 10.1. The van der Waals surface area contributed by atoms with Crippen molar-refractivity contribution >= 4 is 73.5 Å². The summed E-state index contributed by atoms with van der Waals surface area (Å²) in [5.41, 5.74) is 1.46. The molecule has 0 aromatic heterocycles. The number of carbonyl (C=O) groups is 3. The van der Waals surface area contributed by atoms with Crippen LogP contribution in [0.2, 0.25) is 0 Å². The van der Waals surface area contributed by atoms with E-state index in [0.717, 1.165) is 21.8 Å². The van der Waals surface area contributed by atoms with Gasteiger partial charge in [0.25, 0.3) is 11.1 Å². The molecule has 0 aliphatic carbocycles. The largest absolute Gasteiger partial charge is 0.493 e. The van der Waals surface area contributed by atoms with Crippen LogP contribution in [-0.2, 0) is 16.1 Å². The number of ether oxygens (including phenoxy) is 2. The minimum atomic E-state index is -1.10. The lowest BCUT2D eigenvalue weighted by Gasteiger charge is -2.14. The van der Waals surface area contributed by atoms with E-state index in [-0.39, 0.29) is 17.7 Å². The number of amides is 2. The van der Waals surface area contributed by atoms with Crippen molar-refractivity contribution < 1.29 is 29.0 Å². The number of aliphatic carboxylic acids is 1. The number of hydrogen-bond acceptors (Lipinski definition) is 6. The Kier molecular flexibility index (Phi) is 7.42. The Morgan fingerprint density at radius 2 is 2.03 bits per heavy atom. The third-order valence-corrected chi connectivity index (χ3v) is 6.53. The van der Waals surface area contributed by atoms with Gasteiger partial charge in [-0.2, -0.15) is 0 Å². The van der Waals surface area contributed by atoms with Gasteiger partial charge in [-0.05, 0) is 69.8 Å². The van der Waals surface area contributed by atoms with Gasteiger partial charge in [0.05, 0.1) is 22.1 Å². The highest BCUT2D eigenvalue weighted by Crippen LogP contribution is 2.38. The zero-order valence-electron chi connectivity index (χ0n) is 15.6. The van der Waals surface area contributed by atoms with Crippen molar-refractivity contribution in [1.82, 2.24) is 4.90 Å². The molecule has 1 saturated heterocycles. The summed E-state index contributed by atoms with van der Waals surface area (Å²) >= 11 is 6.30. The van der Waals surface area contributed by atoms with Crippen molar-refractivity contribution in [2.24, 2.45) is 0 Å². The van der Waals surface area contributed by atoms with Crippen LogP contribution in [0.4, 0.5) is 4.79 Å². The van der Waals surface area contributed by atoms with Crippen molar-refractivity contribution in [2.45, 2.75) is 6.54 Å². The van der Waals surface area contributed by atoms with Crippen molar-refractivity contribution in [1.29, 1.82) is 0 Å². The summed E-state index contributed by atoms with van der Waals surface area (Å²) in [5.74, 6) is -0.835. The molecule has 0 saturated carbocycles. The van der Waals surface area contributed by atoms with Crippen LogP contribution in [-0.4, -0.2) is 40.8 Å². The molecule has 2 amide bonds.